The molecule has 0 saturated heterocycles. The summed E-state index contributed by atoms with van der Waals surface area (Å²) in [7, 11) is 0. The van der Waals surface area contributed by atoms with Gasteiger partial charge in [0.05, 0.1) is 0 Å². The normalized spacial score (nSPS) is 8.00. The average molecular weight is 182 g/mol. The summed E-state index contributed by atoms with van der Waals surface area (Å²) in [6, 6.07) is 0. The van der Waals surface area contributed by atoms with E-state index in [1.807, 2.05) is 38.5 Å². The topological polar surface area (TPSA) is 0 Å². The van der Waals surface area contributed by atoms with Gasteiger partial charge in [0.15, 0.2) is 0 Å². The molecule has 0 rings (SSSR count). The van der Waals surface area contributed by atoms with E-state index in [4.69, 9.17) is 0 Å². The highest BCUT2D eigenvalue weighted by atomic mass is 32.2. The molecule has 0 saturated carbocycles. The molecule has 0 aliphatic rings. The number of rotatable bonds is 2. The second-order valence-electron chi connectivity index (χ2n) is 2.14. The standard InChI is InChI=1S/C9H12.C2H6S/c1-4-6-8-9(3)7-5-2;1-3-2/h4-7H,1H2,2-3H3;1-2H3/b7-5-;. The summed E-state index contributed by atoms with van der Waals surface area (Å²) in [5, 5.41) is 0. The van der Waals surface area contributed by atoms with Crippen LogP contribution in [0.1, 0.15) is 13.8 Å². The van der Waals surface area contributed by atoms with E-state index in [-0.39, 0.29) is 0 Å². The highest BCUT2D eigenvalue weighted by Gasteiger charge is 1.70. The second kappa shape index (κ2) is 13.0. The Morgan fingerprint density at radius 1 is 1.42 bits per heavy atom. The highest BCUT2D eigenvalue weighted by Crippen LogP contribution is 1.90. The van der Waals surface area contributed by atoms with Crippen molar-refractivity contribution in [1.29, 1.82) is 0 Å². The number of hydrogen-bond acceptors (Lipinski definition) is 1. The van der Waals surface area contributed by atoms with Gasteiger partial charge >= 0.3 is 0 Å². The van der Waals surface area contributed by atoms with Gasteiger partial charge in [-0.25, -0.2) is 0 Å². The molecule has 0 aromatic rings. The van der Waals surface area contributed by atoms with Gasteiger partial charge in [-0.2, -0.15) is 11.8 Å². The summed E-state index contributed by atoms with van der Waals surface area (Å²) in [6.07, 6.45) is 11.6. The van der Waals surface area contributed by atoms with Gasteiger partial charge in [0.25, 0.3) is 0 Å². The van der Waals surface area contributed by atoms with E-state index in [9.17, 15) is 0 Å². The minimum Gasteiger partial charge on any atom is -0.169 e. The van der Waals surface area contributed by atoms with Gasteiger partial charge in [-0.1, -0.05) is 24.8 Å². The van der Waals surface area contributed by atoms with Crippen molar-refractivity contribution in [2.45, 2.75) is 13.8 Å². The summed E-state index contributed by atoms with van der Waals surface area (Å²) in [5.74, 6) is 0. The zero-order valence-corrected chi connectivity index (χ0v) is 9.24. The van der Waals surface area contributed by atoms with Crippen LogP contribution < -0.4 is 0 Å². The van der Waals surface area contributed by atoms with Crippen LogP contribution in [0.4, 0.5) is 0 Å². The molecule has 0 aliphatic carbocycles. The fourth-order valence-electron chi connectivity index (χ4n) is 0.488. The van der Waals surface area contributed by atoms with Crippen LogP contribution in [0.25, 0.3) is 0 Å². The summed E-state index contributed by atoms with van der Waals surface area (Å²) in [4.78, 5) is 0. The van der Waals surface area contributed by atoms with Crippen LogP contribution in [-0.2, 0) is 0 Å². The Balaban J connectivity index is 0. The molecule has 0 aromatic carbocycles. The molecule has 0 amide bonds. The molecule has 68 valence electrons. The lowest BCUT2D eigenvalue weighted by Gasteiger charge is -1.78. The molecule has 0 aliphatic heterocycles. The summed E-state index contributed by atoms with van der Waals surface area (Å²) in [5.41, 5.74) is 4.14. The van der Waals surface area contributed by atoms with Crippen molar-refractivity contribution in [1.82, 2.24) is 0 Å². The molecule has 0 radical (unpaired) electrons. The Hall–Kier alpha value is -0.650. The predicted molar refractivity (Wildman–Crippen MR) is 61.7 cm³/mol. The van der Waals surface area contributed by atoms with Crippen molar-refractivity contribution in [3.63, 3.8) is 0 Å². The average Bonchev–Trinajstić information content (AvgIpc) is 2.03. The third-order valence-corrected chi connectivity index (χ3v) is 0.846. The maximum atomic E-state index is 3.54. The van der Waals surface area contributed by atoms with Gasteiger partial charge in [0, 0.05) is 0 Å². The molecule has 1 heteroatoms. The van der Waals surface area contributed by atoms with Gasteiger partial charge in [0.2, 0.25) is 0 Å². The van der Waals surface area contributed by atoms with Crippen LogP contribution in [0.2, 0.25) is 0 Å². The Labute approximate surface area is 80.8 Å². The lowest BCUT2D eigenvalue weighted by Crippen LogP contribution is -1.58. The van der Waals surface area contributed by atoms with Crippen LogP contribution in [0.3, 0.4) is 0 Å². The Morgan fingerprint density at radius 3 is 2.25 bits per heavy atom. The minimum absolute atomic E-state index is 1.12. The van der Waals surface area contributed by atoms with Crippen molar-refractivity contribution < 1.29 is 0 Å². The SMILES string of the molecule is C=CC=C=C(C)/C=C\C.CSC. The molecular weight excluding hydrogens is 164 g/mol. The van der Waals surface area contributed by atoms with Gasteiger partial charge in [0.1, 0.15) is 0 Å². The van der Waals surface area contributed by atoms with E-state index in [2.05, 4.69) is 12.3 Å². The molecule has 12 heavy (non-hydrogen) atoms. The van der Waals surface area contributed by atoms with Crippen LogP contribution in [0.15, 0.2) is 42.2 Å². The molecule has 0 unspecified atom stereocenters. The largest absolute Gasteiger partial charge is 0.169 e. The molecular formula is C11H18S. The predicted octanol–water partition coefficient (Wildman–Crippen LogP) is 3.83. The van der Waals surface area contributed by atoms with E-state index in [0.717, 1.165) is 5.57 Å². The number of thioether (sulfide) groups is 1. The van der Waals surface area contributed by atoms with Crippen LogP contribution in [0, 0.1) is 0 Å². The lowest BCUT2D eigenvalue weighted by atomic mass is 10.3. The van der Waals surface area contributed by atoms with E-state index < -0.39 is 0 Å². The Bertz CT molecular complexity index is 181. The lowest BCUT2D eigenvalue weighted by molar-refractivity contribution is 1.52. The van der Waals surface area contributed by atoms with E-state index >= 15 is 0 Å². The van der Waals surface area contributed by atoms with Crippen LogP contribution in [0.5, 0.6) is 0 Å². The first-order valence-corrected chi connectivity index (χ1v) is 5.43. The maximum Gasteiger partial charge on any atom is -0.00947 e. The monoisotopic (exact) mass is 182 g/mol. The molecule has 0 spiro atoms. The maximum absolute atomic E-state index is 3.54. The van der Waals surface area contributed by atoms with E-state index in [1.54, 1.807) is 23.9 Å². The molecule has 0 fully saturated rings. The van der Waals surface area contributed by atoms with Crippen molar-refractivity contribution in [3.05, 3.63) is 42.2 Å². The quantitative estimate of drug-likeness (QED) is 0.462. The second-order valence-corrected chi connectivity index (χ2v) is 2.95. The fourth-order valence-corrected chi connectivity index (χ4v) is 0.488. The third kappa shape index (κ3) is 16.2. The van der Waals surface area contributed by atoms with Gasteiger partial charge in [-0.15, -0.1) is 5.73 Å². The van der Waals surface area contributed by atoms with Crippen molar-refractivity contribution in [2.75, 3.05) is 12.5 Å². The summed E-state index contributed by atoms with van der Waals surface area (Å²) >= 11 is 1.75. The zero-order chi connectivity index (χ0) is 9.82. The van der Waals surface area contributed by atoms with Crippen LogP contribution in [-0.4, -0.2) is 12.5 Å². The van der Waals surface area contributed by atoms with Gasteiger partial charge in [-0.05, 0) is 38.0 Å². The number of hydrogen-bond donors (Lipinski definition) is 0. The molecule has 0 bridgehead atoms. The molecule has 0 heterocycles. The minimum atomic E-state index is 1.12. The van der Waals surface area contributed by atoms with Crippen molar-refractivity contribution >= 4 is 11.8 Å². The Kier molecular flexibility index (Phi) is 15.0. The highest BCUT2D eigenvalue weighted by molar-refractivity contribution is 7.97. The van der Waals surface area contributed by atoms with E-state index in [1.165, 1.54) is 0 Å². The number of allylic oxidation sites excluding steroid dienone is 4. The summed E-state index contributed by atoms with van der Waals surface area (Å²) in [6.45, 7) is 7.52. The third-order valence-electron chi connectivity index (χ3n) is 0.846. The molecule has 0 atom stereocenters. The van der Waals surface area contributed by atoms with Crippen LogP contribution >= 0.6 is 11.8 Å². The van der Waals surface area contributed by atoms with Crippen molar-refractivity contribution in [3.8, 4) is 0 Å². The molecule has 0 nitrogen and oxygen atoms in total. The summed E-state index contributed by atoms with van der Waals surface area (Å²) < 4.78 is 0. The first kappa shape index (κ1) is 13.9. The first-order chi connectivity index (χ1) is 5.72. The smallest absolute Gasteiger partial charge is 0.00947 e. The van der Waals surface area contributed by atoms with Gasteiger partial charge in [-0.3, -0.25) is 0 Å². The molecule has 0 N–H and O–H groups in total. The van der Waals surface area contributed by atoms with Gasteiger partial charge < -0.3 is 0 Å². The fraction of sp³-hybridized carbons (Fsp3) is 0.364. The zero-order valence-electron chi connectivity index (χ0n) is 8.42. The van der Waals surface area contributed by atoms with Crippen molar-refractivity contribution in [2.24, 2.45) is 0 Å². The Morgan fingerprint density at radius 2 is 1.92 bits per heavy atom. The van der Waals surface area contributed by atoms with E-state index in [0.29, 0.717) is 0 Å². The molecule has 0 aromatic heterocycles. The first-order valence-electron chi connectivity index (χ1n) is 3.80.